The van der Waals surface area contributed by atoms with Gasteiger partial charge in [0.05, 0.1) is 56.2 Å². The fourth-order valence-electron chi connectivity index (χ4n) is 4.37. The van der Waals surface area contributed by atoms with Crippen LogP contribution < -0.4 is 19.1 Å². The van der Waals surface area contributed by atoms with Gasteiger partial charge in [0.2, 0.25) is 0 Å². The Hall–Kier alpha value is -4.21. The number of nitrogens with zero attached hydrogens (tertiary/aromatic N) is 1. The van der Waals surface area contributed by atoms with E-state index >= 15 is 0 Å². The lowest BCUT2D eigenvalue weighted by atomic mass is 9.94. The zero-order valence-electron chi connectivity index (χ0n) is 21.3. The molecule has 11 heteroatoms. The topological polar surface area (TPSA) is 112 Å². The maximum Gasteiger partial charge on any atom is 0.337 e. The molecule has 1 fully saturated rings. The molecule has 0 aliphatic carbocycles. The molecule has 1 amide bonds. The molecule has 1 atom stereocenters. The number of ketones is 1. The third-order valence-electron chi connectivity index (χ3n) is 6.24. The zero-order valence-corrected chi connectivity index (χ0v) is 22.8. The van der Waals surface area contributed by atoms with Gasteiger partial charge in [0.1, 0.15) is 16.5 Å². The highest BCUT2D eigenvalue weighted by Crippen LogP contribution is 2.48. The maximum absolute atomic E-state index is 13.5. The summed E-state index contributed by atoms with van der Waals surface area (Å²) in [6, 6.07) is 12.9. The highest BCUT2D eigenvalue weighted by Gasteiger charge is 2.47. The minimum absolute atomic E-state index is 0.00229. The van der Waals surface area contributed by atoms with Crippen molar-refractivity contribution in [2.75, 3.05) is 33.3 Å². The number of carbonyl (C=O) groups is 3. The molecule has 202 valence electrons. The van der Waals surface area contributed by atoms with Crippen LogP contribution in [0.5, 0.6) is 17.2 Å². The summed E-state index contributed by atoms with van der Waals surface area (Å²) >= 11 is 12.7. The molecule has 0 bridgehead atoms. The van der Waals surface area contributed by atoms with Crippen LogP contribution in [-0.4, -0.2) is 51.2 Å². The van der Waals surface area contributed by atoms with Crippen molar-refractivity contribution in [2.24, 2.45) is 0 Å². The number of aliphatic hydroxyl groups is 1. The molecule has 1 aliphatic heterocycles. The Labute approximate surface area is 234 Å². The Morgan fingerprint density at radius 3 is 2.03 bits per heavy atom. The summed E-state index contributed by atoms with van der Waals surface area (Å²) in [4.78, 5) is 40.1. The Balaban J connectivity index is 1.97. The molecule has 1 N–H and O–H groups in total. The van der Waals surface area contributed by atoms with Crippen molar-refractivity contribution in [3.8, 4) is 17.2 Å². The van der Waals surface area contributed by atoms with E-state index in [1.54, 1.807) is 24.3 Å². The SMILES string of the molecule is COC(=O)c1ccc(N2C(=O)C(=O)/C(=C(/O)c3cc(Cl)c(OC)c(Cl)c3OC)C2c2ccc(OC)cc2)cc1. The lowest BCUT2D eigenvalue weighted by Crippen LogP contribution is -2.29. The van der Waals surface area contributed by atoms with E-state index in [0.717, 1.165) is 0 Å². The number of rotatable bonds is 7. The first-order valence-corrected chi connectivity index (χ1v) is 12.2. The standard InChI is InChI=1S/C28H23Cl2NO8/c1-36-17-11-7-14(8-12-17)22-20(23(32)18-13-19(29)26(38-3)21(30)25(18)37-2)24(33)27(34)31(22)16-9-5-15(6-10-16)28(35)39-4/h5-13,22,32H,1-4H3/b23-20+. The Bertz CT molecular complexity index is 1480. The second-order valence-corrected chi connectivity index (χ2v) is 9.05. The minimum atomic E-state index is -1.07. The first-order valence-electron chi connectivity index (χ1n) is 11.4. The van der Waals surface area contributed by atoms with Crippen molar-refractivity contribution >= 4 is 52.3 Å². The summed E-state index contributed by atoms with van der Waals surface area (Å²) in [6.07, 6.45) is 0. The number of carbonyl (C=O) groups excluding carboxylic acids is 3. The van der Waals surface area contributed by atoms with Crippen LogP contribution in [0, 0.1) is 0 Å². The van der Waals surface area contributed by atoms with E-state index in [9.17, 15) is 19.5 Å². The van der Waals surface area contributed by atoms with Gasteiger partial charge in [-0.15, -0.1) is 0 Å². The molecular formula is C28H23Cl2NO8. The Morgan fingerprint density at radius 2 is 1.49 bits per heavy atom. The fraction of sp³-hybridized carbons (Fsp3) is 0.179. The second kappa shape index (κ2) is 11.3. The molecule has 1 aliphatic rings. The van der Waals surface area contributed by atoms with Gasteiger partial charge in [-0.1, -0.05) is 35.3 Å². The molecule has 0 saturated carbocycles. The molecule has 4 rings (SSSR count). The third kappa shape index (κ3) is 4.86. The molecule has 3 aromatic rings. The monoisotopic (exact) mass is 571 g/mol. The van der Waals surface area contributed by atoms with E-state index < -0.39 is 29.5 Å². The van der Waals surface area contributed by atoms with Gasteiger partial charge >= 0.3 is 5.97 Å². The molecule has 0 radical (unpaired) electrons. The van der Waals surface area contributed by atoms with Crippen molar-refractivity contribution in [3.63, 3.8) is 0 Å². The van der Waals surface area contributed by atoms with Gasteiger partial charge in [0.25, 0.3) is 11.7 Å². The number of ether oxygens (including phenoxy) is 4. The summed E-state index contributed by atoms with van der Waals surface area (Å²) in [5.41, 5.74) is 0.829. The van der Waals surface area contributed by atoms with Crippen molar-refractivity contribution in [3.05, 3.63) is 86.9 Å². The van der Waals surface area contributed by atoms with Crippen LogP contribution in [0.15, 0.2) is 60.2 Å². The van der Waals surface area contributed by atoms with Crippen LogP contribution in [0.1, 0.15) is 27.5 Å². The van der Waals surface area contributed by atoms with Gasteiger partial charge in [-0.2, -0.15) is 0 Å². The zero-order chi connectivity index (χ0) is 28.4. The molecule has 1 heterocycles. The van der Waals surface area contributed by atoms with Gasteiger partial charge in [0.15, 0.2) is 11.5 Å². The van der Waals surface area contributed by atoms with Crippen molar-refractivity contribution in [1.29, 1.82) is 0 Å². The van der Waals surface area contributed by atoms with Crippen molar-refractivity contribution in [2.45, 2.75) is 6.04 Å². The summed E-state index contributed by atoms with van der Waals surface area (Å²) < 4.78 is 20.6. The van der Waals surface area contributed by atoms with E-state index in [-0.39, 0.29) is 38.2 Å². The highest BCUT2D eigenvalue weighted by atomic mass is 35.5. The van der Waals surface area contributed by atoms with Gasteiger partial charge in [-0.25, -0.2) is 4.79 Å². The summed E-state index contributed by atoms with van der Waals surface area (Å²) in [5, 5.41) is 11.6. The number of amides is 1. The van der Waals surface area contributed by atoms with Crippen LogP contribution in [-0.2, 0) is 14.3 Å². The Kier molecular flexibility index (Phi) is 8.03. The van der Waals surface area contributed by atoms with Gasteiger partial charge in [0, 0.05) is 5.69 Å². The van der Waals surface area contributed by atoms with Crippen LogP contribution in [0.25, 0.3) is 5.76 Å². The number of benzene rings is 3. The van der Waals surface area contributed by atoms with Gasteiger partial charge < -0.3 is 24.1 Å². The number of hydrogen-bond donors (Lipinski definition) is 1. The fourth-order valence-corrected chi connectivity index (χ4v) is 5.06. The van der Waals surface area contributed by atoms with Crippen LogP contribution in [0.4, 0.5) is 5.69 Å². The number of esters is 1. The molecule has 9 nitrogen and oxygen atoms in total. The smallest absolute Gasteiger partial charge is 0.337 e. The molecule has 3 aromatic carbocycles. The van der Waals surface area contributed by atoms with Crippen LogP contribution in [0.3, 0.4) is 0 Å². The first-order chi connectivity index (χ1) is 18.7. The lowest BCUT2D eigenvalue weighted by molar-refractivity contribution is -0.132. The maximum atomic E-state index is 13.5. The van der Waals surface area contributed by atoms with E-state index in [1.807, 2.05) is 0 Å². The molecule has 1 unspecified atom stereocenters. The minimum Gasteiger partial charge on any atom is -0.507 e. The number of methoxy groups -OCH3 is 4. The number of anilines is 1. The molecule has 1 saturated heterocycles. The molecule has 39 heavy (non-hydrogen) atoms. The van der Waals surface area contributed by atoms with E-state index in [0.29, 0.717) is 17.0 Å². The van der Waals surface area contributed by atoms with E-state index in [2.05, 4.69) is 0 Å². The van der Waals surface area contributed by atoms with Crippen LogP contribution >= 0.6 is 23.2 Å². The van der Waals surface area contributed by atoms with Gasteiger partial charge in [-0.05, 0) is 48.0 Å². The molecule has 0 spiro atoms. The number of hydrogen-bond acceptors (Lipinski definition) is 8. The first kappa shape index (κ1) is 27.8. The van der Waals surface area contributed by atoms with Gasteiger partial charge in [-0.3, -0.25) is 14.5 Å². The highest BCUT2D eigenvalue weighted by molar-refractivity contribution is 6.52. The van der Waals surface area contributed by atoms with Crippen LogP contribution in [0.2, 0.25) is 10.0 Å². The summed E-state index contributed by atoms with van der Waals surface area (Å²) in [6.45, 7) is 0. The number of aliphatic hydroxyl groups excluding tert-OH is 1. The van der Waals surface area contributed by atoms with E-state index in [4.69, 9.17) is 42.1 Å². The summed E-state index contributed by atoms with van der Waals surface area (Å²) in [7, 11) is 5.46. The molecular weight excluding hydrogens is 549 g/mol. The normalized spacial score (nSPS) is 16.3. The third-order valence-corrected chi connectivity index (χ3v) is 6.86. The molecule has 0 aromatic heterocycles. The predicted molar refractivity (Wildman–Crippen MR) is 145 cm³/mol. The average Bonchev–Trinajstić information content (AvgIpc) is 3.22. The largest absolute Gasteiger partial charge is 0.507 e. The van der Waals surface area contributed by atoms with E-state index in [1.165, 1.54) is 63.7 Å². The number of Topliss-reactive ketones (excluding diaryl/α,β-unsaturated/α-hetero) is 1. The quantitative estimate of drug-likeness (QED) is 0.173. The lowest BCUT2D eigenvalue weighted by Gasteiger charge is -2.26. The average molecular weight is 572 g/mol. The Morgan fingerprint density at radius 1 is 0.872 bits per heavy atom. The predicted octanol–water partition coefficient (Wildman–Crippen LogP) is 5.43. The van der Waals surface area contributed by atoms with Crippen molar-refractivity contribution in [1.82, 2.24) is 0 Å². The number of halogens is 2. The van der Waals surface area contributed by atoms with Crippen molar-refractivity contribution < 1.29 is 38.4 Å². The second-order valence-electron chi connectivity index (χ2n) is 8.27. The summed E-state index contributed by atoms with van der Waals surface area (Å²) in [5.74, 6) is -2.29.